The molecule has 8 atom stereocenters. The van der Waals surface area contributed by atoms with Crippen LogP contribution in [0.5, 0.6) is 0 Å². The number of esters is 2. The van der Waals surface area contributed by atoms with Gasteiger partial charge < -0.3 is 14.2 Å². The van der Waals surface area contributed by atoms with Gasteiger partial charge in [0.1, 0.15) is 5.60 Å². The Balaban J connectivity index is 1.57. The van der Waals surface area contributed by atoms with Gasteiger partial charge in [-0.05, 0) is 56.6 Å². The Morgan fingerprint density at radius 1 is 1.21 bits per heavy atom. The summed E-state index contributed by atoms with van der Waals surface area (Å²) in [5.41, 5.74) is -1.64. The predicted molar refractivity (Wildman–Crippen MR) is 121 cm³/mol. The minimum atomic E-state index is -1.37. The van der Waals surface area contributed by atoms with E-state index in [1.807, 2.05) is 13.0 Å². The minimum absolute atomic E-state index is 0.0243. The maximum atomic E-state index is 13.7. The standard InChI is InChI=1S/C27H34O7/c1-6-23(31)34-26(21(30)14-32-16(3)28)15(2)11-20-19-8-7-17-12-18(29)9-10-24(17,4)27(19)22(33-27)13-25(20,26)5/h9-10,12,15,19-20,22H,6-8,11,13-14H2,1-5H3/t15-,19?,20-,22-,24-,25-,26-,27+/m0/s1. The van der Waals surface area contributed by atoms with Gasteiger partial charge in [-0.15, -0.1) is 0 Å². The fourth-order valence-corrected chi connectivity index (χ4v) is 8.36. The number of hydrogen-bond acceptors (Lipinski definition) is 7. The van der Waals surface area contributed by atoms with Crippen molar-refractivity contribution in [1.29, 1.82) is 0 Å². The summed E-state index contributed by atoms with van der Waals surface area (Å²) in [5.74, 6) is -1.24. The van der Waals surface area contributed by atoms with Gasteiger partial charge in [0.05, 0.1) is 6.10 Å². The first-order valence-electron chi connectivity index (χ1n) is 12.5. The van der Waals surface area contributed by atoms with E-state index in [1.165, 1.54) is 6.92 Å². The molecule has 3 saturated carbocycles. The summed E-state index contributed by atoms with van der Waals surface area (Å²) in [6.45, 7) is 8.79. The molecule has 0 aromatic carbocycles. The van der Waals surface area contributed by atoms with Crippen LogP contribution in [0, 0.1) is 28.6 Å². The van der Waals surface area contributed by atoms with Gasteiger partial charge in [0.25, 0.3) is 0 Å². The van der Waals surface area contributed by atoms with E-state index in [4.69, 9.17) is 14.2 Å². The van der Waals surface area contributed by atoms with Gasteiger partial charge in [0, 0.05) is 30.1 Å². The Morgan fingerprint density at radius 3 is 2.62 bits per heavy atom. The van der Waals surface area contributed by atoms with Crippen LogP contribution in [0.15, 0.2) is 23.8 Å². The van der Waals surface area contributed by atoms with Gasteiger partial charge in [-0.25, -0.2) is 0 Å². The molecule has 0 bridgehead atoms. The summed E-state index contributed by atoms with van der Waals surface area (Å²) in [6, 6.07) is 0. The van der Waals surface area contributed by atoms with Crippen LogP contribution in [0.2, 0.25) is 0 Å². The molecule has 0 aromatic rings. The molecule has 4 fully saturated rings. The first-order valence-corrected chi connectivity index (χ1v) is 12.5. The van der Waals surface area contributed by atoms with Crippen molar-refractivity contribution in [2.75, 3.05) is 6.61 Å². The summed E-state index contributed by atoms with van der Waals surface area (Å²) >= 11 is 0. The second-order valence-corrected chi connectivity index (χ2v) is 11.3. The molecule has 1 spiro atoms. The number of carbonyl (C=O) groups is 4. The van der Waals surface area contributed by atoms with Gasteiger partial charge in [-0.3, -0.25) is 19.2 Å². The number of Topliss-reactive ketones (excluding diaryl/α,β-unsaturated/α-hetero) is 1. The van der Waals surface area contributed by atoms with Crippen molar-refractivity contribution in [1.82, 2.24) is 0 Å². The Kier molecular flexibility index (Phi) is 5.08. The molecule has 1 saturated heterocycles. The molecule has 1 unspecified atom stereocenters. The van der Waals surface area contributed by atoms with E-state index in [9.17, 15) is 19.2 Å². The fourth-order valence-electron chi connectivity index (χ4n) is 8.36. The van der Waals surface area contributed by atoms with Crippen molar-refractivity contribution in [2.45, 2.75) is 84.0 Å². The molecular weight excluding hydrogens is 436 g/mol. The van der Waals surface area contributed by atoms with E-state index < -0.39 is 35.2 Å². The van der Waals surface area contributed by atoms with Gasteiger partial charge in [0.15, 0.2) is 18.0 Å². The van der Waals surface area contributed by atoms with Crippen LogP contribution in [0.25, 0.3) is 0 Å². The quantitative estimate of drug-likeness (QED) is 0.448. The molecular formula is C27H34O7. The largest absolute Gasteiger partial charge is 0.458 e. The average Bonchev–Trinajstić information content (AvgIpc) is 3.46. The second-order valence-electron chi connectivity index (χ2n) is 11.3. The zero-order chi connectivity index (χ0) is 24.7. The van der Waals surface area contributed by atoms with Crippen molar-refractivity contribution in [2.24, 2.45) is 28.6 Å². The number of ketones is 2. The van der Waals surface area contributed by atoms with Crippen molar-refractivity contribution in [3.05, 3.63) is 23.8 Å². The lowest BCUT2D eigenvalue weighted by Gasteiger charge is -2.56. The van der Waals surface area contributed by atoms with Crippen LogP contribution < -0.4 is 0 Å². The first-order chi connectivity index (χ1) is 16.0. The third-order valence-corrected chi connectivity index (χ3v) is 9.86. The topological polar surface area (TPSA) is 99.3 Å². The average molecular weight is 471 g/mol. The van der Waals surface area contributed by atoms with Crippen LogP contribution in [0.1, 0.15) is 66.7 Å². The Labute approximate surface area is 200 Å². The highest BCUT2D eigenvalue weighted by atomic mass is 16.6. The molecule has 7 nitrogen and oxygen atoms in total. The van der Waals surface area contributed by atoms with Gasteiger partial charge in [0.2, 0.25) is 5.78 Å². The van der Waals surface area contributed by atoms with Crippen LogP contribution in [-0.2, 0) is 33.4 Å². The first kappa shape index (κ1) is 23.5. The van der Waals surface area contributed by atoms with Gasteiger partial charge in [-0.1, -0.05) is 32.4 Å². The molecule has 34 heavy (non-hydrogen) atoms. The molecule has 1 heterocycles. The van der Waals surface area contributed by atoms with E-state index >= 15 is 0 Å². The van der Waals surface area contributed by atoms with E-state index in [0.717, 1.165) is 24.8 Å². The molecule has 5 rings (SSSR count). The highest BCUT2D eigenvalue weighted by Gasteiger charge is 2.83. The van der Waals surface area contributed by atoms with Crippen LogP contribution >= 0.6 is 0 Å². The molecule has 1 aliphatic heterocycles. The number of hydrogen-bond donors (Lipinski definition) is 0. The number of epoxide rings is 1. The zero-order valence-electron chi connectivity index (χ0n) is 20.6. The smallest absolute Gasteiger partial charge is 0.306 e. The summed E-state index contributed by atoms with van der Waals surface area (Å²) < 4.78 is 17.8. The SMILES string of the molecule is CCC(=O)O[C@]1(C(=O)COC(C)=O)[C@@H](C)C[C@H]2C3CCC4=CC(=O)C=C[C@]4(C)[C@@]34O[C@H]4C[C@@]21C. The lowest BCUT2D eigenvalue weighted by Crippen LogP contribution is -2.63. The Bertz CT molecular complexity index is 1040. The summed E-state index contributed by atoms with van der Waals surface area (Å²) in [5, 5.41) is 0. The minimum Gasteiger partial charge on any atom is -0.458 e. The molecule has 0 radical (unpaired) electrons. The maximum absolute atomic E-state index is 13.7. The fraction of sp³-hybridized carbons (Fsp3) is 0.704. The van der Waals surface area contributed by atoms with Gasteiger partial charge in [-0.2, -0.15) is 0 Å². The lowest BCUT2D eigenvalue weighted by molar-refractivity contribution is -0.194. The van der Waals surface area contributed by atoms with Gasteiger partial charge >= 0.3 is 11.9 Å². The molecule has 0 aromatic heterocycles. The van der Waals surface area contributed by atoms with Crippen molar-refractivity contribution in [3.8, 4) is 0 Å². The normalized spacial score (nSPS) is 45.8. The number of carbonyl (C=O) groups excluding carboxylic acids is 4. The van der Waals surface area contributed by atoms with Crippen LogP contribution in [-0.4, -0.2) is 47.4 Å². The summed E-state index contributed by atoms with van der Waals surface area (Å²) in [7, 11) is 0. The van der Waals surface area contributed by atoms with Crippen molar-refractivity contribution >= 4 is 23.5 Å². The maximum Gasteiger partial charge on any atom is 0.306 e. The predicted octanol–water partition coefficient (Wildman–Crippen LogP) is 3.50. The summed E-state index contributed by atoms with van der Waals surface area (Å²) in [4.78, 5) is 50.0. The van der Waals surface area contributed by atoms with E-state index in [0.29, 0.717) is 6.42 Å². The Hall–Kier alpha value is -2.28. The second kappa shape index (κ2) is 7.36. The van der Waals surface area contributed by atoms with E-state index in [-0.39, 0.29) is 47.3 Å². The van der Waals surface area contributed by atoms with E-state index in [1.54, 1.807) is 19.1 Å². The highest BCUT2D eigenvalue weighted by molar-refractivity contribution is 6.01. The monoisotopic (exact) mass is 470 g/mol. The van der Waals surface area contributed by atoms with Crippen LogP contribution in [0.3, 0.4) is 0 Å². The number of rotatable bonds is 5. The summed E-state index contributed by atoms with van der Waals surface area (Å²) in [6.07, 6.45) is 8.47. The highest BCUT2D eigenvalue weighted by Crippen LogP contribution is 2.77. The number of ether oxygens (including phenoxy) is 3. The molecule has 5 aliphatic rings. The molecule has 184 valence electrons. The number of fused-ring (bicyclic) bond motifs is 3. The molecule has 0 N–H and O–H groups in total. The van der Waals surface area contributed by atoms with Crippen molar-refractivity contribution < 1.29 is 33.4 Å². The zero-order valence-corrected chi connectivity index (χ0v) is 20.6. The molecule has 0 amide bonds. The lowest BCUT2D eigenvalue weighted by atomic mass is 9.46. The third-order valence-electron chi connectivity index (χ3n) is 9.86. The van der Waals surface area contributed by atoms with Crippen LogP contribution in [0.4, 0.5) is 0 Å². The number of allylic oxidation sites excluding steroid dienone is 2. The van der Waals surface area contributed by atoms with Crippen molar-refractivity contribution in [3.63, 3.8) is 0 Å². The third kappa shape index (κ3) is 2.73. The molecule has 7 heteroatoms. The Morgan fingerprint density at radius 2 is 1.94 bits per heavy atom. The molecule has 4 aliphatic carbocycles. The van der Waals surface area contributed by atoms with E-state index in [2.05, 4.69) is 13.8 Å².